The van der Waals surface area contributed by atoms with Crippen LogP contribution in [0.25, 0.3) is 0 Å². The molecular weight excluding hydrogens is 338 g/mol. The summed E-state index contributed by atoms with van der Waals surface area (Å²) < 4.78 is 21.6. The first-order chi connectivity index (χ1) is 10.1. The minimum atomic E-state index is -0.729. The number of hydrogen-bond donors (Lipinski definition) is 1. The lowest BCUT2D eigenvalue weighted by molar-refractivity contribution is 0.102. The van der Waals surface area contributed by atoms with Crippen molar-refractivity contribution in [3.05, 3.63) is 46.0 Å². The second-order valence-corrected chi connectivity index (χ2v) is 5.33. The van der Waals surface area contributed by atoms with Gasteiger partial charge >= 0.3 is 0 Å². The number of amides is 1. The lowest BCUT2D eigenvalue weighted by Gasteiger charge is -2.11. The molecule has 0 aliphatic carbocycles. The van der Waals surface area contributed by atoms with E-state index in [0.717, 1.165) is 17.6 Å². The summed E-state index contributed by atoms with van der Waals surface area (Å²) in [7, 11) is 0. The molecule has 2 aromatic rings. The van der Waals surface area contributed by atoms with Crippen molar-refractivity contribution in [3.8, 4) is 0 Å². The molecule has 0 saturated heterocycles. The molecule has 5 nitrogen and oxygen atoms in total. The zero-order chi connectivity index (χ0) is 15.0. The van der Waals surface area contributed by atoms with E-state index >= 15 is 0 Å². The highest BCUT2D eigenvalue weighted by atomic mass is 35.5. The molecule has 0 fully saturated rings. The van der Waals surface area contributed by atoms with E-state index in [-0.39, 0.29) is 16.3 Å². The standard InChI is InChI=1S/C12H5Cl2FN4OS/c13-6-3-7(14)10-11(19-21-18-10)9(6)17-12(20)5-1-2-16-4-8(5)15/h1-4H,(H,17,20). The van der Waals surface area contributed by atoms with Crippen molar-refractivity contribution >= 4 is 57.5 Å². The molecule has 1 aliphatic rings. The number of carbonyl (C=O) groups is 1. The maximum absolute atomic E-state index is 13.6. The fraction of sp³-hybridized carbons (Fsp3) is 0. The molecule has 0 bridgehead atoms. The summed E-state index contributed by atoms with van der Waals surface area (Å²) in [5, 5.41) is 3.06. The zero-order valence-corrected chi connectivity index (χ0v) is 12.4. The predicted octanol–water partition coefficient (Wildman–Crippen LogP) is 4.51. The minimum Gasteiger partial charge on any atom is -0.319 e. The highest BCUT2D eigenvalue weighted by Crippen LogP contribution is 2.47. The molecule has 0 spiro atoms. The van der Waals surface area contributed by atoms with E-state index in [1.807, 2.05) is 0 Å². The van der Waals surface area contributed by atoms with Crippen molar-refractivity contribution in [2.75, 3.05) is 5.32 Å². The van der Waals surface area contributed by atoms with Crippen LogP contribution in [0.5, 0.6) is 0 Å². The smallest absolute Gasteiger partial charge is 0.258 e. The van der Waals surface area contributed by atoms with Gasteiger partial charge in [0.1, 0.15) is 11.4 Å². The van der Waals surface area contributed by atoms with Crippen LogP contribution in [0.3, 0.4) is 0 Å². The second-order valence-electron chi connectivity index (χ2n) is 3.99. The average Bonchev–Trinajstić information content (AvgIpc) is 2.93. The maximum atomic E-state index is 13.6. The lowest BCUT2D eigenvalue weighted by Crippen LogP contribution is -2.14. The first kappa shape index (κ1) is 14.1. The van der Waals surface area contributed by atoms with Crippen LogP contribution >= 0.6 is 23.2 Å². The summed E-state index contributed by atoms with van der Waals surface area (Å²) in [4.78, 5) is 15.7. The highest BCUT2D eigenvalue weighted by molar-refractivity contribution is 7.58. The molecule has 1 aliphatic heterocycles. The highest BCUT2D eigenvalue weighted by Gasteiger charge is 2.21. The Balaban J connectivity index is 2.01. The Kier molecular flexibility index (Phi) is 3.71. The number of hydrogen-bond acceptors (Lipinski definition) is 4. The summed E-state index contributed by atoms with van der Waals surface area (Å²) in [5.74, 6) is -1.39. The Labute approximate surface area is 132 Å². The van der Waals surface area contributed by atoms with Gasteiger partial charge in [0.25, 0.3) is 5.91 Å². The molecule has 3 rings (SSSR count). The Morgan fingerprint density at radius 2 is 2.00 bits per heavy atom. The number of nitrogens with zero attached hydrogens (tertiary/aromatic N) is 3. The van der Waals surface area contributed by atoms with Crippen molar-refractivity contribution in [1.29, 1.82) is 0 Å². The molecule has 1 amide bonds. The van der Waals surface area contributed by atoms with E-state index in [1.54, 1.807) is 0 Å². The van der Waals surface area contributed by atoms with E-state index in [1.165, 1.54) is 18.3 Å². The molecule has 9 heteroatoms. The van der Waals surface area contributed by atoms with Gasteiger partial charge in [-0.1, -0.05) is 23.2 Å². The Morgan fingerprint density at radius 3 is 2.76 bits per heavy atom. The van der Waals surface area contributed by atoms with Crippen LogP contribution in [0.15, 0.2) is 33.3 Å². The van der Waals surface area contributed by atoms with Gasteiger partial charge in [-0.2, -0.15) is 8.73 Å². The Hall–Kier alpha value is -1.83. The van der Waals surface area contributed by atoms with E-state index in [0.29, 0.717) is 16.4 Å². The molecule has 2 heterocycles. The van der Waals surface area contributed by atoms with Crippen LogP contribution in [-0.4, -0.2) is 10.9 Å². The number of aromatic nitrogens is 1. The third-order valence-electron chi connectivity index (χ3n) is 2.70. The van der Waals surface area contributed by atoms with Crippen LogP contribution in [-0.2, 0) is 11.4 Å². The van der Waals surface area contributed by atoms with Gasteiger partial charge in [-0.05, 0) is 12.1 Å². The fourth-order valence-corrected chi connectivity index (χ4v) is 2.89. The van der Waals surface area contributed by atoms with Crippen molar-refractivity contribution in [3.63, 3.8) is 0 Å². The van der Waals surface area contributed by atoms with Gasteiger partial charge in [-0.15, -0.1) is 0 Å². The summed E-state index contributed by atoms with van der Waals surface area (Å²) in [6, 6.07) is 2.72. The van der Waals surface area contributed by atoms with Crippen molar-refractivity contribution < 1.29 is 9.18 Å². The van der Waals surface area contributed by atoms with E-state index in [2.05, 4.69) is 19.0 Å². The van der Waals surface area contributed by atoms with Crippen molar-refractivity contribution in [1.82, 2.24) is 4.98 Å². The molecule has 0 atom stereocenters. The van der Waals surface area contributed by atoms with Crippen molar-refractivity contribution in [2.24, 2.45) is 8.73 Å². The first-order valence-corrected chi connectivity index (χ1v) is 7.07. The van der Waals surface area contributed by atoms with Gasteiger partial charge in [-0.3, -0.25) is 9.78 Å². The molecule has 1 aromatic carbocycles. The number of fused-ring (bicyclic) bond motifs is 1. The summed E-state index contributed by atoms with van der Waals surface area (Å²) >= 11 is 13.0. The third-order valence-corrected chi connectivity index (χ3v) is 3.81. The lowest BCUT2D eigenvalue weighted by atomic mass is 10.2. The maximum Gasteiger partial charge on any atom is 0.258 e. The minimum absolute atomic E-state index is 0.146. The van der Waals surface area contributed by atoms with Crippen LogP contribution in [0.2, 0.25) is 10.0 Å². The van der Waals surface area contributed by atoms with Crippen LogP contribution in [0.1, 0.15) is 10.4 Å². The number of benzene rings is 1. The molecule has 1 N–H and O–H groups in total. The topological polar surface area (TPSA) is 66.7 Å². The molecule has 0 saturated carbocycles. The van der Waals surface area contributed by atoms with Gasteiger partial charge in [0.15, 0.2) is 5.82 Å². The summed E-state index contributed by atoms with van der Waals surface area (Å²) in [6.45, 7) is 0. The van der Waals surface area contributed by atoms with E-state index in [9.17, 15) is 9.18 Å². The fourth-order valence-electron chi connectivity index (χ4n) is 1.73. The largest absolute Gasteiger partial charge is 0.319 e. The SMILES string of the molecule is O=C(Nc1c(Cl)cc(Cl)c2c1N=S=N2)c1ccncc1F. The first-order valence-electron chi connectivity index (χ1n) is 5.59. The average molecular weight is 343 g/mol. The van der Waals surface area contributed by atoms with Gasteiger partial charge in [0.2, 0.25) is 0 Å². The van der Waals surface area contributed by atoms with Crippen LogP contribution < -0.4 is 5.32 Å². The summed E-state index contributed by atoms with van der Waals surface area (Å²) in [5.41, 5.74) is 0.885. The van der Waals surface area contributed by atoms with E-state index < -0.39 is 11.7 Å². The number of carbonyl (C=O) groups excluding carboxylic acids is 1. The Bertz CT molecular complexity index is 836. The van der Waals surface area contributed by atoms with Gasteiger partial charge in [0.05, 0.1) is 38.8 Å². The number of halogens is 3. The Morgan fingerprint density at radius 1 is 1.24 bits per heavy atom. The van der Waals surface area contributed by atoms with E-state index in [4.69, 9.17) is 23.2 Å². The number of anilines is 1. The van der Waals surface area contributed by atoms with Crippen LogP contribution in [0, 0.1) is 5.82 Å². The number of rotatable bonds is 2. The zero-order valence-electron chi connectivity index (χ0n) is 10.1. The molecule has 106 valence electrons. The molecule has 21 heavy (non-hydrogen) atoms. The molecule has 0 unspecified atom stereocenters. The third kappa shape index (κ3) is 2.55. The number of pyridine rings is 1. The summed E-state index contributed by atoms with van der Waals surface area (Å²) in [6.07, 6.45) is 2.28. The van der Waals surface area contributed by atoms with Gasteiger partial charge < -0.3 is 5.32 Å². The van der Waals surface area contributed by atoms with Gasteiger partial charge in [-0.25, -0.2) is 4.39 Å². The predicted molar refractivity (Wildman–Crippen MR) is 80.2 cm³/mol. The number of nitrogens with one attached hydrogen (secondary N) is 1. The molecular formula is C12H5Cl2FN4OS. The monoisotopic (exact) mass is 342 g/mol. The second kappa shape index (κ2) is 5.51. The quantitative estimate of drug-likeness (QED) is 0.744. The molecule has 0 radical (unpaired) electrons. The molecule has 1 aromatic heterocycles. The van der Waals surface area contributed by atoms with Gasteiger partial charge in [0, 0.05) is 6.20 Å². The van der Waals surface area contributed by atoms with Crippen molar-refractivity contribution in [2.45, 2.75) is 0 Å². The normalized spacial score (nSPS) is 12.0. The van der Waals surface area contributed by atoms with Crippen LogP contribution in [0.4, 0.5) is 21.5 Å².